The second-order valence-electron chi connectivity index (χ2n) is 4.53. The molecule has 1 aliphatic rings. The van der Waals surface area contributed by atoms with Crippen molar-refractivity contribution in [1.29, 1.82) is 0 Å². The molecule has 0 spiro atoms. The molecule has 0 saturated carbocycles. The van der Waals surface area contributed by atoms with Crippen molar-refractivity contribution in [3.8, 4) is 0 Å². The van der Waals surface area contributed by atoms with Crippen molar-refractivity contribution in [3.63, 3.8) is 0 Å². The van der Waals surface area contributed by atoms with Crippen LogP contribution in [-0.2, 0) is 4.74 Å². The molecule has 2 unspecified atom stereocenters. The van der Waals surface area contributed by atoms with E-state index in [9.17, 15) is 4.39 Å². The third-order valence-corrected chi connectivity index (χ3v) is 3.54. The fourth-order valence-electron chi connectivity index (χ4n) is 2.36. The molecule has 0 aliphatic carbocycles. The van der Waals surface area contributed by atoms with Crippen molar-refractivity contribution < 1.29 is 9.13 Å². The van der Waals surface area contributed by atoms with Crippen LogP contribution in [0.3, 0.4) is 0 Å². The first-order chi connectivity index (χ1) is 8.07. The molecule has 1 saturated heterocycles. The van der Waals surface area contributed by atoms with Gasteiger partial charge in [0.05, 0.1) is 11.6 Å². The van der Waals surface area contributed by atoms with Crippen molar-refractivity contribution in [1.82, 2.24) is 5.43 Å². The van der Waals surface area contributed by atoms with Crippen LogP contribution in [0.2, 0.25) is 5.02 Å². The summed E-state index contributed by atoms with van der Waals surface area (Å²) in [5.41, 5.74) is 2.67. The minimum Gasteiger partial charge on any atom is -0.373 e. The third kappa shape index (κ3) is 2.45. The van der Waals surface area contributed by atoms with Gasteiger partial charge in [-0.25, -0.2) is 9.82 Å². The zero-order valence-corrected chi connectivity index (χ0v) is 10.4. The summed E-state index contributed by atoms with van der Waals surface area (Å²) in [5, 5.41) is 0.375. The van der Waals surface area contributed by atoms with Gasteiger partial charge in [-0.3, -0.25) is 5.84 Å². The van der Waals surface area contributed by atoms with Gasteiger partial charge >= 0.3 is 0 Å². The van der Waals surface area contributed by atoms with Gasteiger partial charge in [-0.1, -0.05) is 17.7 Å². The van der Waals surface area contributed by atoms with Gasteiger partial charge in [0.25, 0.3) is 0 Å². The summed E-state index contributed by atoms with van der Waals surface area (Å²) in [6.07, 6.45) is 1.81. The van der Waals surface area contributed by atoms with E-state index in [1.807, 2.05) is 6.92 Å². The molecule has 5 heteroatoms. The van der Waals surface area contributed by atoms with Crippen molar-refractivity contribution in [2.75, 3.05) is 6.61 Å². The van der Waals surface area contributed by atoms with Crippen LogP contribution in [0.4, 0.5) is 4.39 Å². The summed E-state index contributed by atoms with van der Waals surface area (Å²) in [6.45, 7) is 2.63. The molecule has 1 aromatic rings. The Morgan fingerprint density at radius 1 is 1.59 bits per heavy atom. The number of ether oxygens (including phenoxy) is 1. The highest BCUT2D eigenvalue weighted by Crippen LogP contribution is 2.38. The van der Waals surface area contributed by atoms with Gasteiger partial charge in [0.15, 0.2) is 0 Å². The fourth-order valence-corrected chi connectivity index (χ4v) is 2.52. The fraction of sp³-hybridized carbons (Fsp3) is 0.500. The Morgan fingerprint density at radius 3 is 2.88 bits per heavy atom. The van der Waals surface area contributed by atoms with Crippen LogP contribution >= 0.6 is 11.6 Å². The van der Waals surface area contributed by atoms with Crippen LogP contribution in [0.25, 0.3) is 0 Å². The number of nitrogens with one attached hydrogen (secondary N) is 1. The molecule has 0 aromatic heterocycles. The van der Waals surface area contributed by atoms with Crippen molar-refractivity contribution in [3.05, 3.63) is 34.6 Å². The van der Waals surface area contributed by atoms with E-state index in [0.29, 0.717) is 17.2 Å². The summed E-state index contributed by atoms with van der Waals surface area (Å²) in [4.78, 5) is 0. The molecule has 17 heavy (non-hydrogen) atoms. The van der Waals surface area contributed by atoms with Crippen molar-refractivity contribution in [2.24, 2.45) is 5.84 Å². The van der Waals surface area contributed by atoms with Crippen LogP contribution < -0.4 is 11.3 Å². The molecule has 1 aliphatic heterocycles. The van der Waals surface area contributed by atoms with Crippen LogP contribution in [0.1, 0.15) is 31.4 Å². The molecular formula is C12H16ClFN2O. The SMILES string of the molecule is CC1(C(NN)c2ccc(Cl)cc2F)CCCO1. The van der Waals surface area contributed by atoms with E-state index < -0.39 is 5.60 Å². The Bertz CT molecular complexity index is 407. The first kappa shape index (κ1) is 12.8. The maximum Gasteiger partial charge on any atom is 0.129 e. The maximum absolute atomic E-state index is 13.9. The molecular weight excluding hydrogens is 243 g/mol. The molecule has 3 nitrogen and oxygen atoms in total. The predicted molar refractivity (Wildman–Crippen MR) is 65.1 cm³/mol. The normalized spacial score (nSPS) is 26.1. The zero-order valence-electron chi connectivity index (χ0n) is 9.67. The predicted octanol–water partition coefficient (Wildman–Crippen LogP) is 2.55. The molecule has 3 N–H and O–H groups in total. The zero-order chi connectivity index (χ0) is 12.5. The maximum atomic E-state index is 13.9. The molecule has 0 amide bonds. The molecule has 1 heterocycles. The Hall–Kier alpha value is -0.680. The summed E-state index contributed by atoms with van der Waals surface area (Å²) in [6, 6.07) is 4.22. The average molecular weight is 259 g/mol. The summed E-state index contributed by atoms with van der Waals surface area (Å²) in [7, 11) is 0. The summed E-state index contributed by atoms with van der Waals surface area (Å²) in [5.74, 6) is 5.18. The first-order valence-corrected chi connectivity index (χ1v) is 6.00. The number of hydrogen-bond donors (Lipinski definition) is 2. The quantitative estimate of drug-likeness (QED) is 0.647. The van der Waals surface area contributed by atoms with E-state index in [1.165, 1.54) is 6.07 Å². The Morgan fingerprint density at radius 2 is 2.35 bits per heavy atom. The number of hydrogen-bond acceptors (Lipinski definition) is 3. The molecule has 1 aromatic carbocycles. The molecule has 2 atom stereocenters. The van der Waals surface area contributed by atoms with Gasteiger partial charge < -0.3 is 4.74 Å². The Labute approximate surface area is 105 Å². The smallest absolute Gasteiger partial charge is 0.129 e. The van der Waals surface area contributed by atoms with Gasteiger partial charge in [0, 0.05) is 17.2 Å². The van der Waals surface area contributed by atoms with E-state index in [-0.39, 0.29) is 11.9 Å². The molecule has 2 rings (SSSR count). The van der Waals surface area contributed by atoms with Crippen molar-refractivity contribution >= 4 is 11.6 Å². The number of benzene rings is 1. The monoisotopic (exact) mass is 258 g/mol. The molecule has 1 fully saturated rings. The lowest BCUT2D eigenvalue weighted by Crippen LogP contribution is -2.44. The van der Waals surface area contributed by atoms with Gasteiger partial charge in [-0.05, 0) is 31.9 Å². The lowest BCUT2D eigenvalue weighted by atomic mass is 9.88. The average Bonchev–Trinajstić information content (AvgIpc) is 2.70. The number of nitrogens with two attached hydrogens (primary N) is 1. The standard InChI is InChI=1S/C12H16ClFN2O/c1-12(5-2-6-17-12)11(16-15)9-4-3-8(13)7-10(9)14/h3-4,7,11,16H,2,5-6,15H2,1H3. The summed E-state index contributed by atoms with van der Waals surface area (Å²) >= 11 is 5.74. The minimum absolute atomic E-state index is 0.364. The first-order valence-electron chi connectivity index (χ1n) is 5.62. The third-order valence-electron chi connectivity index (χ3n) is 3.30. The lowest BCUT2D eigenvalue weighted by molar-refractivity contribution is -0.0134. The van der Waals surface area contributed by atoms with Gasteiger partial charge in [-0.2, -0.15) is 0 Å². The molecule has 94 valence electrons. The highest BCUT2D eigenvalue weighted by atomic mass is 35.5. The number of halogens is 2. The molecule has 0 bridgehead atoms. The highest BCUT2D eigenvalue weighted by molar-refractivity contribution is 6.30. The minimum atomic E-state index is -0.469. The number of hydrazine groups is 1. The largest absolute Gasteiger partial charge is 0.373 e. The second-order valence-corrected chi connectivity index (χ2v) is 4.97. The van der Waals surface area contributed by atoms with Gasteiger partial charge in [0.2, 0.25) is 0 Å². The number of rotatable bonds is 3. The Balaban J connectivity index is 2.34. The van der Waals surface area contributed by atoms with Gasteiger partial charge in [0.1, 0.15) is 5.82 Å². The van der Waals surface area contributed by atoms with E-state index in [4.69, 9.17) is 22.2 Å². The van der Waals surface area contributed by atoms with Crippen LogP contribution in [0, 0.1) is 5.82 Å². The van der Waals surface area contributed by atoms with E-state index >= 15 is 0 Å². The second kappa shape index (κ2) is 4.90. The topological polar surface area (TPSA) is 47.3 Å². The van der Waals surface area contributed by atoms with E-state index in [1.54, 1.807) is 12.1 Å². The molecule has 0 radical (unpaired) electrons. The van der Waals surface area contributed by atoms with E-state index in [0.717, 1.165) is 12.8 Å². The van der Waals surface area contributed by atoms with Gasteiger partial charge in [-0.15, -0.1) is 0 Å². The Kier molecular flexibility index (Phi) is 3.68. The van der Waals surface area contributed by atoms with Crippen LogP contribution in [-0.4, -0.2) is 12.2 Å². The van der Waals surface area contributed by atoms with Crippen LogP contribution in [0.15, 0.2) is 18.2 Å². The van der Waals surface area contributed by atoms with Crippen LogP contribution in [0.5, 0.6) is 0 Å². The lowest BCUT2D eigenvalue weighted by Gasteiger charge is -2.33. The van der Waals surface area contributed by atoms with Crippen molar-refractivity contribution in [2.45, 2.75) is 31.4 Å². The highest BCUT2D eigenvalue weighted by Gasteiger charge is 2.39. The van der Waals surface area contributed by atoms with E-state index in [2.05, 4.69) is 5.43 Å². The summed E-state index contributed by atoms with van der Waals surface area (Å²) < 4.78 is 19.6.